The number of nitrogens with zero attached hydrogens (tertiary/aromatic N) is 1. The van der Waals surface area contributed by atoms with Gasteiger partial charge in [-0.1, -0.05) is 55.3 Å². The van der Waals surface area contributed by atoms with Crippen molar-refractivity contribution in [2.45, 2.75) is 116 Å². The van der Waals surface area contributed by atoms with Crippen molar-refractivity contribution in [3.8, 4) is 12.3 Å². The van der Waals surface area contributed by atoms with Crippen molar-refractivity contribution in [1.29, 1.82) is 0 Å². The van der Waals surface area contributed by atoms with Crippen LogP contribution in [0.2, 0.25) is 0 Å². The third-order valence-electron chi connectivity index (χ3n) is 7.54. The first-order valence-corrected chi connectivity index (χ1v) is 17.7. The van der Waals surface area contributed by atoms with Crippen LogP contribution in [0.4, 0.5) is 4.79 Å². The number of thioether (sulfide) groups is 1. The van der Waals surface area contributed by atoms with Crippen molar-refractivity contribution in [3.05, 3.63) is 71.3 Å². The maximum Gasteiger partial charge on any atom is 0.408 e. The Hall–Kier alpha value is -3.97. The molecule has 0 aliphatic carbocycles. The Kier molecular flexibility index (Phi) is 14.6. The van der Waals surface area contributed by atoms with E-state index >= 15 is 0 Å². The molecular weight excluding hydrogens is 626 g/mol. The maximum atomic E-state index is 14.7. The Balaban J connectivity index is 2.71. The normalized spacial score (nSPS) is 13.7. The number of benzene rings is 2. The minimum Gasteiger partial charge on any atom is -0.458 e. The molecule has 262 valence electrons. The smallest absolute Gasteiger partial charge is 0.408 e. The molecular formula is C38H53N3O6S. The summed E-state index contributed by atoms with van der Waals surface area (Å²) < 4.78 is 11.2. The van der Waals surface area contributed by atoms with E-state index in [4.69, 9.17) is 15.9 Å². The van der Waals surface area contributed by atoms with E-state index < -0.39 is 58.7 Å². The molecule has 0 aliphatic heterocycles. The molecule has 2 aromatic rings. The summed E-state index contributed by atoms with van der Waals surface area (Å²) in [7, 11) is 0. The van der Waals surface area contributed by atoms with Gasteiger partial charge < -0.3 is 25.0 Å². The molecule has 0 fully saturated rings. The SMILES string of the molecule is C#Cc1ccc(C(C(=O)NC(Cc2ccccc2)C(=O)OC(C)(C)C)N(C(=O)C(CCSC)NC(=O)OC(C)(C)C)C(C)(C)CC)cc1. The molecule has 0 heterocycles. The van der Waals surface area contributed by atoms with Gasteiger partial charge in [-0.2, -0.15) is 11.8 Å². The second-order valence-corrected chi connectivity index (χ2v) is 15.3. The summed E-state index contributed by atoms with van der Waals surface area (Å²) in [4.78, 5) is 57.4. The number of terminal acetylenes is 1. The predicted molar refractivity (Wildman–Crippen MR) is 192 cm³/mol. The summed E-state index contributed by atoms with van der Waals surface area (Å²) in [6, 6.07) is 12.9. The second-order valence-electron chi connectivity index (χ2n) is 14.3. The van der Waals surface area contributed by atoms with Crippen molar-refractivity contribution in [1.82, 2.24) is 15.5 Å². The van der Waals surface area contributed by atoms with Gasteiger partial charge in [-0.25, -0.2) is 9.59 Å². The van der Waals surface area contributed by atoms with Crippen molar-refractivity contribution in [2.24, 2.45) is 0 Å². The van der Waals surface area contributed by atoms with Crippen LogP contribution in [0.5, 0.6) is 0 Å². The van der Waals surface area contributed by atoms with Gasteiger partial charge >= 0.3 is 12.1 Å². The molecule has 48 heavy (non-hydrogen) atoms. The number of amides is 3. The number of carbonyl (C=O) groups is 4. The topological polar surface area (TPSA) is 114 Å². The molecule has 2 rings (SSSR count). The van der Waals surface area contributed by atoms with E-state index in [0.29, 0.717) is 29.7 Å². The number of hydrogen-bond acceptors (Lipinski definition) is 7. The Morgan fingerprint density at radius 1 is 0.854 bits per heavy atom. The number of alkyl carbamates (subject to hydrolysis) is 1. The van der Waals surface area contributed by atoms with Crippen LogP contribution in [0.25, 0.3) is 0 Å². The van der Waals surface area contributed by atoms with E-state index in [0.717, 1.165) is 5.56 Å². The van der Waals surface area contributed by atoms with Crippen LogP contribution in [-0.2, 0) is 30.3 Å². The molecule has 0 saturated heterocycles. The van der Waals surface area contributed by atoms with Crippen molar-refractivity contribution >= 4 is 35.6 Å². The van der Waals surface area contributed by atoms with Crippen LogP contribution < -0.4 is 10.6 Å². The van der Waals surface area contributed by atoms with E-state index in [1.165, 1.54) is 16.7 Å². The van der Waals surface area contributed by atoms with Gasteiger partial charge in [0.1, 0.15) is 29.3 Å². The highest BCUT2D eigenvalue weighted by Crippen LogP contribution is 2.33. The van der Waals surface area contributed by atoms with Gasteiger partial charge in [-0.05, 0) is 103 Å². The average molecular weight is 680 g/mol. The van der Waals surface area contributed by atoms with Gasteiger partial charge in [-0.15, -0.1) is 6.42 Å². The van der Waals surface area contributed by atoms with Crippen molar-refractivity contribution < 1.29 is 28.7 Å². The second kappa shape index (κ2) is 17.4. The third kappa shape index (κ3) is 12.6. The van der Waals surface area contributed by atoms with Gasteiger partial charge in [0.2, 0.25) is 11.8 Å². The molecule has 0 radical (unpaired) electrons. The first-order chi connectivity index (χ1) is 22.3. The number of hydrogen-bond donors (Lipinski definition) is 2. The molecule has 0 bridgehead atoms. The minimum absolute atomic E-state index is 0.173. The number of rotatable bonds is 14. The molecule has 0 spiro atoms. The highest BCUT2D eigenvalue weighted by Gasteiger charge is 2.44. The molecule has 3 amide bonds. The van der Waals surface area contributed by atoms with Crippen molar-refractivity contribution in [3.63, 3.8) is 0 Å². The van der Waals surface area contributed by atoms with Crippen LogP contribution in [0, 0.1) is 12.3 Å². The molecule has 10 heteroatoms. The number of nitrogens with one attached hydrogen (secondary N) is 2. The average Bonchev–Trinajstić information content (AvgIpc) is 2.99. The largest absolute Gasteiger partial charge is 0.458 e. The van der Waals surface area contributed by atoms with Gasteiger partial charge in [0, 0.05) is 17.5 Å². The maximum absolute atomic E-state index is 14.7. The Bertz CT molecular complexity index is 1420. The molecule has 0 saturated carbocycles. The zero-order valence-corrected chi connectivity index (χ0v) is 31.0. The first kappa shape index (κ1) is 40.2. The van der Waals surface area contributed by atoms with Gasteiger partial charge in [0.25, 0.3) is 0 Å². The van der Waals surface area contributed by atoms with Crippen LogP contribution in [0.3, 0.4) is 0 Å². The van der Waals surface area contributed by atoms with Crippen LogP contribution in [0.1, 0.15) is 97.9 Å². The fourth-order valence-electron chi connectivity index (χ4n) is 4.90. The highest BCUT2D eigenvalue weighted by molar-refractivity contribution is 7.98. The zero-order valence-electron chi connectivity index (χ0n) is 30.1. The molecule has 3 unspecified atom stereocenters. The molecule has 9 nitrogen and oxygen atoms in total. The summed E-state index contributed by atoms with van der Waals surface area (Å²) in [6.07, 6.45) is 7.76. The number of ether oxygens (including phenoxy) is 2. The predicted octanol–water partition coefficient (Wildman–Crippen LogP) is 6.44. The molecule has 2 aromatic carbocycles. The lowest BCUT2D eigenvalue weighted by Crippen LogP contribution is -2.60. The van der Waals surface area contributed by atoms with Gasteiger partial charge in [0.05, 0.1) is 0 Å². The number of carbonyl (C=O) groups excluding carboxylic acids is 4. The standard InChI is InChI=1S/C38H53N3O6S/c1-12-26-19-21-28(22-20-26)31(32(42)39-30(34(44)46-36(3,4)5)25-27-17-15-14-16-18-27)41(38(9,10)13-2)33(43)29(23-24-48-11)40-35(45)47-37(6,7)8/h1,14-22,29-31H,13,23-25H2,2-11H3,(H,39,42)(H,40,45). The first-order valence-electron chi connectivity index (χ1n) is 16.3. The minimum atomic E-state index is -1.20. The Labute approximate surface area is 291 Å². The van der Waals surface area contributed by atoms with E-state index in [9.17, 15) is 19.2 Å². The fraction of sp³-hybridized carbons (Fsp3) is 0.526. The van der Waals surface area contributed by atoms with E-state index in [1.54, 1.807) is 65.8 Å². The summed E-state index contributed by atoms with van der Waals surface area (Å²) in [5, 5.41) is 5.70. The Morgan fingerprint density at radius 2 is 1.44 bits per heavy atom. The van der Waals surface area contributed by atoms with Crippen LogP contribution in [-0.4, -0.2) is 69.6 Å². The van der Waals surface area contributed by atoms with E-state index in [2.05, 4.69) is 16.6 Å². The summed E-state index contributed by atoms with van der Waals surface area (Å²) in [5.41, 5.74) is -0.543. The molecule has 3 atom stereocenters. The highest BCUT2D eigenvalue weighted by atomic mass is 32.2. The summed E-state index contributed by atoms with van der Waals surface area (Å²) in [5.74, 6) is 1.52. The zero-order chi connectivity index (χ0) is 36.3. The summed E-state index contributed by atoms with van der Waals surface area (Å²) >= 11 is 1.53. The fourth-order valence-corrected chi connectivity index (χ4v) is 5.37. The third-order valence-corrected chi connectivity index (χ3v) is 8.19. The quantitative estimate of drug-likeness (QED) is 0.175. The monoisotopic (exact) mass is 679 g/mol. The Morgan fingerprint density at radius 3 is 1.94 bits per heavy atom. The van der Waals surface area contributed by atoms with Crippen LogP contribution >= 0.6 is 11.8 Å². The van der Waals surface area contributed by atoms with E-state index in [1.807, 2.05) is 57.4 Å². The van der Waals surface area contributed by atoms with Gasteiger partial charge in [-0.3, -0.25) is 9.59 Å². The lowest BCUT2D eigenvalue weighted by atomic mass is 9.91. The lowest BCUT2D eigenvalue weighted by Gasteiger charge is -2.45. The lowest BCUT2D eigenvalue weighted by molar-refractivity contribution is -0.159. The van der Waals surface area contributed by atoms with E-state index in [-0.39, 0.29) is 6.42 Å². The summed E-state index contributed by atoms with van der Waals surface area (Å²) in [6.45, 7) is 16.2. The van der Waals surface area contributed by atoms with Crippen molar-refractivity contribution in [2.75, 3.05) is 12.0 Å². The molecule has 0 aliphatic rings. The van der Waals surface area contributed by atoms with Gasteiger partial charge in [0.15, 0.2) is 0 Å². The molecule has 2 N–H and O–H groups in total. The number of esters is 1. The molecule has 0 aromatic heterocycles. The van der Waals surface area contributed by atoms with Crippen LogP contribution in [0.15, 0.2) is 54.6 Å².